The zero-order valence-electron chi connectivity index (χ0n) is 23.5. The molecule has 4 aliphatic heterocycles. The van der Waals surface area contributed by atoms with Gasteiger partial charge < -0.3 is 30.6 Å². The van der Waals surface area contributed by atoms with Gasteiger partial charge >= 0.3 is 0 Å². The molecule has 5 N–H and O–H groups in total. The third-order valence-corrected chi connectivity index (χ3v) is 9.52. The van der Waals surface area contributed by atoms with Crippen LogP contribution < -0.4 is 26.0 Å². The van der Waals surface area contributed by atoms with Crippen LogP contribution in [0.2, 0.25) is 0 Å². The standard InChI is InChI=1S/C30H41N9O/c1-19-4-3-5-26(40)27(19)25-16-23-28-20(2)39(13-8-24(28)34-29(23)36-35-25)30-32-17-22(18-33-30)37-11-6-21(7-12-37)38-14-9-31-10-15-38/h3-5,16-21,27,31,34-36,40H,6-15H2,1-2H3/t19?,20-,27-/m1/s1. The SMILES string of the molecule is CC1C=CC=C(O)[C@H]1C1=Cc2c([nH]c3c2[C@@H](C)N(c2ncc(N4CCC(N5CCNCC5)CC4)cn2)CC3)NN1. The Balaban J connectivity index is 1.06. The van der Waals surface area contributed by atoms with E-state index in [9.17, 15) is 5.11 Å². The largest absolute Gasteiger partial charge is 0.512 e. The van der Waals surface area contributed by atoms with Gasteiger partial charge in [-0.15, -0.1) is 0 Å². The Kier molecular flexibility index (Phi) is 6.67. The smallest absolute Gasteiger partial charge is 0.225 e. The Labute approximate surface area is 236 Å². The fourth-order valence-corrected chi connectivity index (χ4v) is 7.27. The molecule has 2 fully saturated rings. The second-order valence-corrected chi connectivity index (χ2v) is 11.8. The van der Waals surface area contributed by atoms with Crippen molar-refractivity contribution in [2.75, 3.05) is 61.0 Å². The highest BCUT2D eigenvalue weighted by Crippen LogP contribution is 2.41. The minimum absolute atomic E-state index is 0.0935. The first-order valence-corrected chi connectivity index (χ1v) is 14.9. The number of nitrogens with one attached hydrogen (secondary N) is 4. The summed E-state index contributed by atoms with van der Waals surface area (Å²) in [6.07, 6.45) is 15.4. The predicted octanol–water partition coefficient (Wildman–Crippen LogP) is 3.34. The monoisotopic (exact) mass is 543 g/mol. The van der Waals surface area contributed by atoms with Crippen LogP contribution in [0.3, 0.4) is 0 Å². The number of aromatic nitrogens is 3. The van der Waals surface area contributed by atoms with Crippen molar-refractivity contribution in [1.29, 1.82) is 0 Å². The van der Waals surface area contributed by atoms with Crippen LogP contribution in [0.4, 0.5) is 17.5 Å². The fraction of sp³-hybridized carbons (Fsp3) is 0.533. The lowest BCUT2D eigenvalue weighted by molar-refractivity contribution is 0.150. The molecule has 0 aromatic carbocycles. The molecule has 0 amide bonds. The van der Waals surface area contributed by atoms with Crippen molar-refractivity contribution in [3.63, 3.8) is 0 Å². The van der Waals surface area contributed by atoms with E-state index in [4.69, 9.17) is 9.97 Å². The molecule has 10 heteroatoms. The third-order valence-electron chi connectivity index (χ3n) is 9.52. The molecule has 1 unspecified atom stereocenters. The molecule has 0 saturated carbocycles. The number of rotatable bonds is 4. The van der Waals surface area contributed by atoms with Crippen molar-refractivity contribution in [1.82, 2.24) is 30.6 Å². The van der Waals surface area contributed by atoms with E-state index in [1.54, 1.807) is 6.08 Å². The van der Waals surface area contributed by atoms with Crippen LogP contribution in [0.15, 0.2) is 42.1 Å². The lowest BCUT2D eigenvalue weighted by Crippen LogP contribution is -2.52. The highest BCUT2D eigenvalue weighted by Gasteiger charge is 2.35. The number of H-pyrrole nitrogens is 1. The summed E-state index contributed by atoms with van der Waals surface area (Å²) in [5.41, 5.74) is 12.5. The number of allylic oxidation sites excluding steroid dienone is 3. The van der Waals surface area contributed by atoms with Gasteiger partial charge in [0.2, 0.25) is 5.95 Å². The number of hydrogen-bond donors (Lipinski definition) is 5. The van der Waals surface area contributed by atoms with Crippen molar-refractivity contribution in [3.05, 3.63) is 58.9 Å². The van der Waals surface area contributed by atoms with E-state index >= 15 is 0 Å². The van der Waals surface area contributed by atoms with E-state index in [1.807, 2.05) is 18.5 Å². The van der Waals surface area contributed by atoms with Gasteiger partial charge in [-0.1, -0.05) is 19.1 Å². The molecular weight excluding hydrogens is 502 g/mol. The van der Waals surface area contributed by atoms with E-state index in [-0.39, 0.29) is 17.9 Å². The zero-order valence-corrected chi connectivity index (χ0v) is 23.5. The molecule has 6 heterocycles. The summed E-state index contributed by atoms with van der Waals surface area (Å²) in [5, 5.41) is 14.1. The molecule has 1 aliphatic carbocycles. The number of aliphatic hydroxyl groups excluding tert-OH is 1. The molecule has 7 rings (SSSR count). The topological polar surface area (TPSA) is 108 Å². The van der Waals surface area contributed by atoms with Crippen LogP contribution in [0.25, 0.3) is 6.08 Å². The molecule has 0 radical (unpaired) electrons. The van der Waals surface area contributed by atoms with Gasteiger partial charge in [0.15, 0.2) is 0 Å². The maximum Gasteiger partial charge on any atom is 0.225 e. The Bertz CT molecular complexity index is 1320. The van der Waals surface area contributed by atoms with Gasteiger partial charge in [0, 0.05) is 80.8 Å². The molecule has 3 atom stereocenters. The Morgan fingerprint density at radius 1 is 0.975 bits per heavy atom. The molecule has 5 aliphatic rings. The summed E-state index contributed by atoms with van der Waals surface area (Å²) in [4.78, 5) is 20.7. The lowest BCUT2D eigenvalue weighted by atomic mass is 9.84. The normalized spacial score (nSPS) is 27.3. The second-order valence-electron chi connectivity index (χ2n) is 11.8. The summed E-state index contributed by atoms with van der Waals surface area (Å²) < 4.78 is 0. The first-order chi connectivity index (χ1) is 19.6. The van der Waals surface area contributed by atoms with E-state index in [2.05, 4.69) is 61.9 Å². The summed E-state index contributed by atoms with van der Waals surface area (Å²) in [6, 6.07) is 0.820. The molecule has 10 nitrogen and oxygen atoms in total. The molecule has 2 aromatic rings. The summed E-state index contributed by atoms with van der Waals surface area (Å²) in [6.45, 7) is 11.9. The highest BCUT2D eigenvalue weighted by atomic mass is 16.3. The van der Waals surface area contributed by atoms with Crippen molar-refractivity contribution >= 4 is 23.5 Å². The number of piperidine rings is 1. The van der Waals surface area contributed by atoms with Crippen LogP contribution in [0, 0.1) is 11.8 Å². The van der Waals surface area contributed by atoms with Crippen LogP contribution in [-0.2, 0) is 6.42 Å². The highest BCUT2D eigenvalue weighted by molar-refractivity contribution is 5.75. The van der Waals surface area contributed by atoms with Crippen LogP contribution >= 0.6 is 0 Å². The number of aliphatic hydroxyl groups is 1. The van der Waals surface area contributed by atoms with Gasteiger partial charge in [-0.05, 0) is 37.8 Å². The number of nitrogens with zero attached hydrogens (tertiary/aromatic N) is 5. The first-order valence-electron chi connectivity index (χ1n) is 14.9. The molecule has 0 bridgehead atoms. The summed E-state index contributed by atoms with van der Waals surface area (Å²) in [7, 11) is 0. The average molecular weight is 544 g/mol. The lowest BCUT2D eigenvalue weighted by Gasteiger charge is -2.41. The first kappa shape index (κ1) is 25.5. The van der Waals surface area contributed by atoms with Crippen LogP contribution in [0.5, 0.6) is 0 Å². The van der Waals surface area contributed by atoms with Gasteiger partial charge in [-0.2, -0.15) is 0 Å². The number of aromatic amines is 1. The molecular formula is C30H41N9O. The van der Waals surface area contributed by atoms with E-state index in [1.165, 1.54) is 37.2 Å². The number of anilines is 3. The minimum Gasteiger partial charge on any atom is -0.512 e. The number of piperazine rings is 1. The Morgan fingerprint density at radius 3 is 2.50 bits per heavy atom. The van der Waals surface area contributed by atoms with Crippen LogP contribution in [-0.4, -0.2) is 76.8 Å². The van der Waals surface area contributed by atoms with Gasteiger partial charge in [0.05, 0.1) is 30.0 Å². The fourth-order valence-electron chi connectivity index (χ4n) is 7.27. The van der Waals surface area contributed by atoms with Crippen molar-refractivity contribution in [3.8, 4) is 0 Å². The molecule has 2 saturated heterocycles. The van der Waals surface area contributed by atoms with Gasteiger partial charge in [0.1, 0.15) is 11.6 Å². The second kappa shape index (κ2) is 10.5. The Morgan fingerprint density at radius 2 is 1.75 bits per heavy atom. The number of hydrogen-bond acceptors (Lipinski definition) is 9. The van der Waals surface area contributed by atoms with Crippen LogP contribution in [0.1, 0.15) is 49.6 Å². The molecule has 212 valence electrons. The minimum atomic E-state index is -0.0935. The molecule has 2 aromatic heterocycles. The van der Waals surface area contributed by atoms with E-state index in [0.717, 1.165) is 67.9 Å². The maximum atomic E-state index is 10.6. The van der Waals surface area contributed by atoms with E-state index < -0.39 is 0 Å². The third kappa shape index (κ3) is 4.53. The van der Waals surface area contributed by atoms with Gasteiger partial charge in [-0.3, -0.25) is 10.3 Å². The average Bonchev–Trinajstić information content (AvgIpc) is 3.37. The van der Waals surface area contributed by atoms with E-state index in [0.29, 0.717) is 11.8 Å². The quantitative estimate of drug-likeness (QED) is 0.397. The summed E-state index contributed by atoms with van der Waals surface area (Å²) in [5.74, 6) is 2.26. The number of fused-ring (bicyclic) bond motifs is 3. The zero-order chi connectivity index (χ0) is 27.2. The molecule has 0 spiro atoms. The summed E-state index contributed by atoms with van der Waals surface area (Å²) >= 11 is 0. The Hall–Kier alpha value is -3.50. The van der Waals surface area contributed by atoms with Crippen molar-refractivity contribution < 1.29 is 5.11 Å². The maximum absolute atomic E-state index is 10.6. The van der Waals surface area contributed by atoms with Gasteiger partial charge in [0.25, 0.3) is 0 Å². The number of hydrazine groups is 1. The predicted molar refractivity (Wildman–Crippen MR) is 159 cm³/mol. The van der Waals surface area contributed by atoms with Gasteiger partial charge in [-0.25, -0.2) is 9.97 Å². The van der Waals surface area contributed by atoms with Crippen molar-refractivity contribution in [2.24, 2.45) is 11.8 Å². The molecule has 40 heavy (non-hydrogen) atoms. The van der Waals surface area contributed by atoms with Crippen molar-refractivity contribution in [2.45, 2.75) is 45.2 Å².